The Bertz CT molecular complexity index is 248. The molecule has 0 aromatic heterocycles. The third-order valence-electron chi connectivity index (χ3n) is 2.71. The molecule has 0 aromatic rings. The highest BCUT2D eigenvalue weighted by Gasteiger charge is 2.20. The molecular weight excluding hydrogens is 204 g/mol. The summed E-state index contributed by atoms with van der Waals surface area (Å²) in [5.74, 6) is 0. The molecule has 2 atom stereocenters. The maximum atomic E-state index is 8.84. The minimum atomic E-state index is -0.293. The quantitative estimate of drug-likeness (QED) is 0.718. The van der Waals surface area contributed by atoms with Crippen molar-refractivity contribution < 1.29 is 9.47 Å². The number of nitrogens with zero attached hydrogens (tertiary/aromatic N) is 1. The number of ether oxygens (including phenoxy) is 2. The Morgan fingerprint density at radius 1 is 1.50 bits per heavy atom. The van der Waals surface area contributed by atoms with E-state index in [1.165, 1.54) is 0 Å². The molecule has 1 fully saturated rings. The van der Waals surface area contributed by atoms with Gasteiger partial charge in [0.1, 0.15) is 0 Å². The van der Waals surface area contributed by atoms with Gasteiger partial charge in [0.25, 0.3) is 0 Å². The van der Waals surface area contributed by atoms with Crippen LogP contribution in [-0.4, -0.2) is 38.5 Å². The summed E-state index contributed by atoms with van der Waals surface area (Å²) in [5.41, 5.74) is -0.293. The van der Waals surface area contributed by atoms with Crippen molar-refractivity contribution in [3.05, 3.63) is 0 Å². The number of nitriles is 1. The van der Waals surface area contributed by atoms with Crippen LogP contribution < -0.4 is 5.32 Å². The van der Waals surface area contributed by atoms with Crippen molar-refractivity contribution in [3.63, 3.8) is 0 Å². The van der Waals surface area contributed by atoms with Crippen molar-refractivity contribution in [1.29, 1.82) is 5.26 Å². The Kier molecular flexibility index (Phi) is 5.20. The maximum absolute atomic E-state index is 8.84. The van der Waals surface area contributed by atoms with Gasteiger partial charge in [-0.1, -0.05) is 0 Å². The Hall–Kier alpha value is -0.630. The second-order valence-corrected chi connectivity index (χ2v) is 5.05. The van der Waals surface area contributed by atoms with Gasteiger partial charge in [0.2, 0.25) is 0 Å². The van der Waals surface area contributed by atoms with Crippen molar-refractivity contribution in [2.75, 3.05) is 26.3 Å². The molecule has 1 aliphatic heterocycles. The first-order valence-electron chi connectivity index (χ1n) is 5.89. The highest BCUT2D eigenvalue weighted by atomic mass is 16.5. The Morgan fingerprint density at radius 2 is 2.25 bits per heavy atom. The van der Waals surface area contributed by atoms with Gasteiger partial charge in [-0.25, -0.2) is 0 Å². The largest absolute Gasteiger partial charge is 0.379 e. The van der Waals surface area contributed by atoms with E-state index in [9.17, 15) is 0 Å². The number of rotatable bonds is 5. The second-order valence-electron chi connectivity index (χ2n) is 5.05. The molecule has 0 bridgehead atoms. The maximum Gasteiger partial charge on any atom is 0.0936 e. The molecule has 0 saturated carbocycles. The lowest BCUT2D eigenvalue weighted by molar-refractivity contribution is -0.0702. The topological polar surface area (TPSA) is 54.3 Å². The van der Waals surface area contributed by atoms with E-state index < -0.39 is 0 Å². The van der Waals surface area contributed by atoms with Crippen LogP contribution in [-0.2, 0) is 9.47 Å². The fourth-order valence-corrected chi connectivity index (χ4v) is 1.57. The van der Waals surface area contributed by atoms with E-state index >= 15 is 0 Å². The number of hydrogen-bond donors (Lipinski definition) is 1. The number of morpholine rings is 1. The summed E-state index contributed by atoms with van der Waals surface area (Å²) in [5, 5.41) is 12.1. The van der Waals surface area contributed by atoms with Gasteiger partial charge >= 0.3 is 0 Å². The first-order chi connectivity index (χ1) is 7.53. The highest BCUT2D eigenvalue weighted by Crippen LogP contribution is 2.18. The molecular formula is C12H22N2O2. The number of hydrogen-bond acceptors (Lipinski definition) is 4. The molecule has 0 radical (unpaired) electrons. The fourth-order valence-electron chi connectivity index (χ4n) is 1.57. The van der Waals surface area contributed by atoms with Gasteiger partial charge in [0, 0.05) is 19.7 Å². The van der Waals surface area contributed by atoms with E-state index in [2.05, 4.69) is 18.3 Å². The lowest BCUT2D eigenvalue weighted by atomic mass is 9.92. The van der Waals surface area contributed by atoms with Crippen LogP contribution in [0.2, 0.25) is 0 Å². The summed E-state index contributed by atoms with van der Waals surface area (Å²) < 4.78 is 11.2. The van der Waals surface area contributed by atoms with E-state index in [0.717, 1.165) is 19.5 Å². The molecule has 1 N–H and O–H groups in total. The lowest BCUT2D eigenvalue weighted by Crippen LogP contribution is -2.45. The minimum Gasteiger partial charge on any atom is -0.379 e. The van der Waals surface area contributed by atoms with Crippen LogP contribution in [0.5, 0.6) is 0 Å². The summed E-state index contributed by atoms with van der Waals surface area (Å²) in [6.45, 7) is 8.91. The first kappa shape index (κ1) is 13.4. The third-order valence-corrected chi connectivity index (χ3v) is 2.71. The van der Waals surface area contributed by atoms with Gasteiger partial charge in [0.05, 0.1) is 30.3 Å². The smallest absolute Gasteiger partial charge is 0.0936 e. The SMILES string of the molecule is CC1CNCC(COCCC(C)(C)C#N)O1. The van der Waals surface area contributed by atoms with Gasteiger partial charge in [-0.3, -0.25) is 0 Å². The van der Waals surface area contributed by atoms with Gasteiger partial charge < -0.3 is 14.8 Å². The van der Waals surface area contributed by atoms with Crippen LogP contribution in [0, 0.1) is 16.7 Å². The molecule has 0 amide bonds. The minimum absolute atomic E-state index is 0.147. The molecule has 4 nitrogen and oxygen atoms in total. The molecule has 16 heavy (non-hydrogen) atoms. The molecule has 0 aliphatic carbocycles. The molecule has 1 heterocycles. The van der Waals surface area contributed by atoms with Crippen LogP contribution in [0.1, 0.15) is 27.2 Å². The molecule has 0 aromatic carbocycles. The van der Waals surface area contributed by atoms with E-state index in [4.69, 9.17) is 14.7 Å². The van der Waals surface area contributed by atoms with Gasteiger partial charge in [-0.15, -0.1) is 0 Å². The van der Waals surface area contributed by atoms with E-state index in [0.29, 0.717) is 13.2 Å². The van der Waals surface area contributed by atoms with Crippen molar-refractivity contribution in [2.24, 2.45) is 5.41 Å². The zero-order valence-corrected chi connectivity index (χ0v) is 10.5. The zero-order chi connectivity index (χ0) is 12.0. The van der Waals surface area contributed by atoms with Crippen molar-refractivity contribution in [1.82, 2.24) is 5.32 Å². The molecule has 1 rings (SSSR count). The molecule has 4 heteroatoms. The van der Waals surface area contributed by atoms with Crippen LogP contribution >= 0.6 is 0 Å². The first-order valence-corrected chi connectivity index (χ1v) is 5.89. The monoisotopic (exact) mass is 226 g/mol. The van der Waals surface area contributed by atoms with Gasteiger partial charge in [0.15, 0.2) is 0 Å². The molecule has 92 valence electrons. The van der Waals surface area contributed by atoms with Crippen molar-refractivity contribution in [2.45, 2.75) is 39.4 Å². The van der Waals surface area contributed by atoms with E-state index in [1.807, 2.05) is 13.8 Å². The normalized spacial score (nSPS) is 26.4. The molecule has 1 aliphatic rings. The summed E-state index contributed by atoms with van der Waals surface area (Å²) in [6.07, 6.45) is 1.17. The molecule has 2 unspecified atom stereocenters. The average molecular weight is 226 g/mol. The van der Waals surface area contributed by atoms with Crippen LogP contribution in [0.4, 0.5) is 0 Å². The van der Waals surface area contributed by atoms with Crippen LogP contribution in [0.3, 0.4) is 0 Å². The van der Waals surface area contributed by atoms with Crippen LogP contribution in [0.25, 0.3) is 0 Å². The zero-order valence-electron chi connectivity index (χ0n) is 10.5. The molecule has 0 spiro atoms. The van der Waals surface area contributed by atoms with E-state index in [-0.39, 0.29) is 17.6 Å². The standard InChI is InChI=1S/C12H22N2O2/c1-10-6-14-7-11(16-10)8-15-5-4-12(2,3)9-13/h10-11,14H,4-8H2,1-3H3. The Labute approximate surface area is 97.9 Å². The third kappa shape index (κ3) is 4.93. The summed E-state index contributed by atoms with van der Waals surface area (Å²) >= 11 is 0. The Morgan fingerprint density at radius 3 is 2.88 bits per heavy atom. The predicted octanol–water partition coefficient (Wildman–Crippen LogP) is 1.32. The molecule has 1 saturated heterocycles. The summed E-state index contributed by atoms with van der Waals surface area (Å²) in [6, 6.07) is 2.26. The average Bonchev–Trinajstić information content (AvgIpc) is 2.25. The van der Waals surface area contributed by atoms with Crippen LogP contribution in [0.15, 0.2) is 0 Å². The lowest BCUT2D eigenvalue weighted by Gasteiger charge is -2.28. The summed E-state index contributed by atoms with van der Waals surface area (Å²) in [7, 11) is 0. The van der Waals surface area contributed by atoms with E-state index in [1.54, 1.807) is 0 Å². The number of nitrogens with one attached hydrogen (secondary N) is 1. The highest BCUT2D eigenvalue weighted by molar-refractivity contribution is 4.91. The predicted molar refractivity (Wildman–Crippen MR) is 62.0 cm³/mol. The van der Waals surface area contributed by atoms with Crippen molar-refractivity contribution in [3.8, 4) is 6.07 Å². The Balaban J connectivity index is 2.09. The van der Waals surface area contributed by atoms with Gasteiger partial charge in [-0.2, -0.15) is 5.26 Å². The fraction of sp³-hybridized carbons (Fsp3) is 0.917. The van der Waals surface area contributed by atoms with Crippen molar-refractivity contribution >= 4 is 0 Å². The van der Waals surface area contributed by atoms with Gasteiger partial charge in [-0.05, 0) is 27.2 Å². The summed E-state index contributed by atoms with van der Waals surface area (Å²) in [4.78, 5) is 0. The second kappa shape index (κ2) is 6.19.